The second kappa shape index (κ2) is 11.1. The SMILES string of the molecule is CNC(=O)C(Cc1ccccc1)N(Cc1cccc(OC)c1)C(=O)Cc1cccc(C)c1. The Balaban J connectivity index is 1.95. The van der Waals surface area contributed by atoms with Crippen molar-refractivity contribution in [2.45, 2.75) is 32.4 Å². The Morgan fingerprint density at radius 1 is 0.906 bits per heavy atom. The minimum absolute atomic E-state index is 0.0945. The van der Waals surface area contributed by atoms with E-state index in [0.29, 0.717) is 18.7 Å². The zero-order chi connectivity index (χ0) is 22.9. The van der Waals surface area contributed by atoms with Crippen LogP contribution in [0.2, 0.25) is 0 Å². The van der Waals surface area contributed by atoms with Crippen molar-refractivity contribution < 1.29 is 14.3 Å². The minimum Gasteiger partial charge on any atom is -0.497 e. The molecule has 0 radical (unpaired) electrons. The monoisotopic (exact) mass is 430 g/mol. The van der Waals surface area contributed by atoms with E-state index in [1.807, 2.05) is 85.8 Å². The third-order valence-corrected chi connectivity index (χ3v) is 5.44. The predicted octanol–water partition coefficient (Wildman–Crippen LogP) is 3.93. The normalized spacial score (nSPS) is 11.5. The van der Waals surface area contributed by atoms with E-state index < -0.39 is 6.04 Å². The van der Waals surface area contributed by atoms with Crippen LogP contribution >= 0.6 is 0 Å². The highest BCUT2D eigenvalue weighted by Crippen LogP contribution is 2.19. The first kappa shape index (κ1) is 23.1. The first-order chi connectivity index (χ1) is 15.5. The summed E-state index contributed by atoms with van der Waals surface area (Å²) in [6.07, 6.45) is 0.665. The molecule has 0 spiro atoms. The van der Waals surface area contributed by atoms with Crippen LogP contribution in [-0.2, 0) is 29.0 Å². The van der Waals surface area contributed by atoms with Gasteiger partial charge in [-0.05, 0) is 35.7 Å². The van der Waals surface area contributed by atoms with Crippen molar-refractivity contribution in [3.05, 3.63) is 101 Å². The Hall–Kier alpha value is -3.60. The van der Waals surface area contributed by atoms with Crippen LogP contribution in [0.4, 0.5) is 0 Å². The fourth-order valence-corrected chi connectivity index (χ4v) is 3.79. The molecule has 2 amide bonds. The summed E-state index contributed by atoms with van der Waals surface area (Å²) in [5, 5.41) is 2.74. The number of likely N-dealkylation sites (N-methyl/N-ethyl adjacent to an activating group) is 1. The van der Waals surface area contributed by atoms with Crippen LogP contribution in [-0.4, -0.2) is 36.9 Å². The molecular formula is C27H30N2O3. The van der Waals surface area contributed by atoms with Gasteiger partial charge in [0.05, 0.1) is 13.5 Å². The van der Waals surface area contributed by atoms with Gasteiger partial charge in [0.15, 0.2) is 0 Å². The van der Waals surface area contributed by atoms with Crippen LogP contribution in [0, 0.1) is 6.92 Å². The highest BCUT2D eigenvalue weighted by Gasteiger charge is 2.29. The van der Waals surface area contributed by atoms with Crippen molar-refractivity contribution in [2.75, 3.05) is 14.2 Å². The molecule has 5 heteroatoms. The van der Waals surface area contributed by atoms with Crippen molar-refractivity contribution in [1.82, 2.24) is 10.2 Å². The second-order valence-electron chi connectivity index (χ2n) is 7.86. The Labute approximate surface area is 190 Å². The average molecular weight is 431 g/mol. The number of nitrogens with zero attached hydrogens (tertiary/aromatic N) is 1. The van der Waals surface area contributed by atoms with Gasteiger partial charge < -0.3 is 15.0 Å². The fraction of sp³-hybridized carbons (Fsp3) is 0.259. The maximum atomic E-state index is 13.5. The number of ether oxygens (including phenoxy) is 1. The third kappa shape index (κ3) is 6.20. The lowest BCUT2D eigenvalue weighted by Crippen LogP contribution is -2.50. The lowest BCUT2D eigenvalue weighted by Gasteiger charge is -2.31. The van der Waals surface area contributed by atoms with Crippen molar-refractivity contribution in [1.29, 1.82) is 0 Å². The molecule has 0 saturated carbocycles. The topological polar surface area (TPSA) is 58.6 Å². The number of nitrogens with one attached hydrogen (secondary N) is 1. The highest BCUT2D eigenvalue weighted by atomic mass is 16.5. The van der Waals surface area contributed by atoms with Gasteiger partial charge in [0.25, 0.3) is 0 Å². The number of carbonyl (C=O) groups is 2. The molecule has 1 atom stereocenters. The first-order valence-electron chi connectivity index (χ1n) is 10.7. The Bertz CT molecular complexity index is 1050. The molecule has 0 aliphatic heterocycles. The van der Waals surface area contributed by atoms with E-state index in [0.717, 1.165) is 22.3 Å². The van der Waals surface area contributed by atoms with Gasteiger partial charge in [0.1, 0.15) is 11.8 Å². The van der Waals surface area contributed by atoms with Gasteiger partial charge in [0, 0.05) is 20.0 Å². The molecule has 3 aromatic rings. The largest absolute Gasteiger partial charge is 0.497 e. The molecular weight excluding hydrogens is 400 g/mol. The zero-order valence-electron chi connectivity index (χ0n) is 18.9. The van der Waals surface area contributed by atoms with Crippen LogP contribution in [0.15, 0.2) is 78.9 Å². The molecule has 0 aliphatic rings. The summed E-state index contributed by atoms with van der Waals surface area (Å²) in [5.41, 5.74) is 3.94. The van der Waals surface area contributed by atoms with E-state index in [2.05, 4.69) is 5.32 Å². The van der Waals surface area contributed by atoms with Gasteiger partial charge in [-0.1, -0.05) is 72.3 Å². The number of amides is 2. The Morgan fingerprint density at radius 3 is 2.28 bits per heavy atom. The third-order valence-electron chi connectivity index (χ3n) is 5.44. The van der Waals surface area contributed by atoms with E-state index in [4.69, 9.17) is 4.74 Å². The van der Waals surface area contributed by atoms with Crippen molar-refractivity contribution in [3.8, 4) is 5.75 Å². The molecule has 1 unspecified atom stereocenters. The number of hydrogen-bond donors (Lipinski definition) is 1. The molecule has 3 rings (SSSR count). The van der Waals surface area contributed by atoms with Crippen LogP contribution in [0.1, 0.15) is 22.3 Å². The van der Waals surface area contributed by atoms with Gasteiger partial charge in [-0.2, -0.15) is 0 Å². The molecule has 5 nitrogen and oxygen atoms in total. The molecule has 0 aromatic heterocycles. The molecule has 166 valence electrons. The molecule has 0 aliphatic carbocycles. The average Bonchev–Trinajstić information content (AvgIpc) is 2.81. The smallest absolute Gasteiger partial charge is 0.242 e. The molecule has 0 saturated heterocycles. The Kier molecular flexibility index (Phi) is 8.03. The highest BCUT2D eigenvalue weighted by molar-refractivity contribution is 5.88. The summed E-state index contributed by atoms with van der Waals surface area (Å²) in [6, 6.07) is 24.6. The Morgan fingerprint density at radius 2 is 1.59 bits per heavy atom. The van der Waals surface area contributed by atoms with Crippen molar-refractivity contribution in [2.24, 2.45) is 0 Å². The lowest BCUT2D eigenvalue weighted by atomic mass is 10.0. The molecule has 0 bridgehead atoms. The summed E-state index contributed by atoms with van der Waals surface area (Å²) in [6.45, 7) is 2.32. The fourth-order valence-electron chi connectivity index (χ4n) is 3.79. The van der Waals surface area contributed by atoms with E-state index in [1.54, 1.807) is 19.1 Å². The van der Waals surface area contributed by atoms with Gasteiger partial charge in [-0.3, -0.25) is 9.59 Å². The van der Waals surface area contributed by atoms with Gasteiger partial charge in [0.2, 0.25) is 11.8 Å². The second-order valence-corrected chi connectivity index (χ2v) is 7.86. The number of methoxy groups -OCH3 is 1. The van der Waals surface area contributed by atoms with E-state index in [1.165, 1.54) is 0 Å². The van der Waals surface area contributed by atoms with Crippen LogP contribution < -0.4 is 10.1 Å². The van der Waals surface area contributed by atoms with Crippen LogP contribution in [0.3, 0.4) is 0 Å². The van der Waals surface area contributed by atoms with Crippen molar-refractivity contribution >= 4 is 11.8 Å². The summed E-state index contributed by atoms with van der Waals surface area (Å²) < 4.78 is 5.35. The number of rotatable bonds is 9. The maximum Gasteiger partial charge on any atom is 0.242 e. The summed E-state index contributed by atoms with van der Waals surface area (Å²) in [4.78, 5) is 28.2. The van der Waals surface area contributed by atoms with E-state index >= 15 is 0 Å². The van der Waals surface area contributed by atoms with Crippen molar-refractivity contribution in [3.63, 3.8) is 0 Å². The molecule has 32 heavy (non-hydrogen) atoms. The number of carbonyl (C=O) groups excluding carboxylic acids is 2. The number of benzene rings is 3. The first-order valence-corrected chi connectivity index (χ1v) is 10.7. The number of hydrogen-bond acceptors (Lipinski definition) is 3. The molecule has 3 aromatic carbocycles. The lowest BCUT2D eigenvalue weighted by molar-refractivity contribution is -0.140. The van der Waals surface area contributed by atoms with Gasteiger partial charge >= 0.3 is 0 Å². The standard InChI is InChI=1S/C27H30N2O3/c1-20-9-7-12-22(15-20)18-26(30)29(19-23-13-8-14-24(16-23)32-3)25(27(31)28-2)17-21-10-5-4-6-11-21/h4-16,25H,17-19H2,1-3H3,(H,28,31). The van der Waals surface area contributed by atoms with Crippen LogP contribution in [0.5, 0.6) is 5.75 Å². The quantitative estimate of drug-likeness (QED) is 0.560. The van der Waals surface area contributed by atoms with Gasteiger partial charge in [-0.15, -0.1) is 0 Å². The molecule has 1 N–H and O–H groups in total. The van der Waals surface area contributed by atoms with Gasteiger partial charge in [-0.25, -0.2) is 0 Å². The summed E-state index contributed by atoms with van der Waals surface area (Å²) in [7, 11) is 3.22. The van der Waals surface area contributed by atoms with Crippen LogP contribution in [0.25, 0.3) is 0 Å². The number of aryl methyl sites for hydroxylation is 1. The minimum atomic E-state index is -0.633. The van der Waals surface area contributed by atoms with E-state index in [9.17, 15) is 9.59 Å². The molecule has 0 fully saturated rings. The predicted molar refractivity (Wildman–Crippen MR) is 126 cm³/mol. The maximum absolute atomic E-state index is 13.5. The summed E-state index contributed by atoms with van der Waals surface area (Å²) in [5.74, 6) is 0.436. The molecule has 0 heterocycles. The van der Waals surface area contributed by atoms with E-state index in [-0.39, 0.29) is 18.2 Å². The summed E-state index contributed by atoms with van der Waals surface area (Å²) >= 11 is 0. The zero-order valence-corrected chi connectivity index (χ0v) is 18.9.